The van der Waals surface area contributed by atoms with Gasteiger partial charge in [0.05, 0.1) is 6.54 Å². The van der Waals surface area contributed by atoms with E-state index in [1.54, 1.807) is 0 Å². The van der Waals surface area contributed by atoms with Gasteiger partial charge in [-0.1, -0.05) is 17.7 Å². The summed E-state index contributed by atoms with van der Waals surface area (Å²) in [7, 11) is 0. The molecule has 0 radical (unpaired) electrons. The lowest BCUT2D eigenvalue weighted by Gasteiger charge is -2.50. The maximum atomic E-state index is 6.34. The second-order valence-electron chi connectivity index (χ2n) is 7.29. The first-order valence-corrected chi connectivity index (χ1v) is 8.98. The molecule has 5 heterocycles. The van der Waals surface area contributed by atoms with Gasteiger partial charge >= 0.3 is 0 Å². The number of pyridine rings is 1. The number of fused-ring (bicyclic) bond motifs is 3. The second-order valence-corrected chi connectivity index (χ2v) is 7.72. The van der Waals surface area contributed by atoms with E-state index in [9.17, 15) is 0 Å². The van der Waals surface area contributed by atoms with Gasteiger partial charge in [0.25, 0.3) is 0 Å². The summed E-state index contributed by atoms with van der Waals surface area (Å²) in [6.45, 7) is 4.20. The Morgan fingerprint density at radius 1 is 1.17 bits per heavy atom. The summed E-state index contributed by atoms with van der Waals surface area (Å²) < 4.78 is 6.32. The van der Waals surface area contributed by atoms with Gasteiger partial charge in [0.15, 0.2) is 6.35 Å². The van der Waals surface area contributed by atoms with Gasteiger partial charge in [-0.25, -0.2) is 4.98 Å². The predicted octanol–water partition coefficient (Wildman–Crippen LogP) is 2.43. The Balaban J connectivity index is 1.48. The molecule has 1 spiro atoms. The summed E-state index contributed by atoms with van der Waals surface area (Å²) in [5.74, 6) is 1.49. The van der Waals surface area contributed by atoms with Gasteiger partial charge in [0, 0.05) is 23.2 Å². The highest BCUT2D eigenvalue weighted by Crippen LogP contribution is 2.43. The van der Waals surface area contributed by atoms with Crippen molar-refractivity contribution in [1.29, 1.82) is 0 Å². The maximum Gasteiger partial charge on any atom is 0.186 e. The zero-order valence-corrected chi connectivity index (χ0v) is 14.2. The van der Waals surface area contributed by atoms with Crippen LogP contribution in [0.15, 0.2) is 30.5 Å². The maximum absolute atomic E-state index is 6.34. The monoisotopic (exact) mass is 344 g/mol. The fraction of sp³-hybridized carbons (Fsp3) is 0.500. The molecule has 4 fully saturated rings. The van der Waals surface area contributed by atoms with Crippen molar-refractivity contribution in [2.75, 3.05) is 31.1 Å². The number of halogens is 1. The van der Waals surface area contributed by atoms with E-state index in [-0.39, 0.29) is 5.60 Å². The van der Waals surface area contributed by atoms with Crippen LogP contribution in [-0.2, 0) is 4.74 Å². The van der Waals surface area contributed by atoms with Crippen LogP contribution in [0.3, 0.4) is 0 Å². The van der Waals surface area contributed by atoms with Crippen LogP contribution in [0.25, 0.3) is 10.8 Å². The zero-order valence-electron chi connectivity index (χ0n) is 13.5. The van der Waals surface area contributed by atoms with Crippen molar-refractivity contribution < 1.29 is 4.74 Å². The summed E-state index contributed by atoms with van der Waals surface area (Å²) in [5, 5.41) is 2.88. The molecule has 1 aromatic carbocycles. The van der Waals surface area contributed by atoms with Crippen LogP contribution in [0.1, 0.15) is 12.8 Å². The Morgan fingerprint density at radius 3 is 2.75 bits per heavy atom. The van der Waals surface area contributed by atoms with Crippen LogP contribution in [0.5, 0.6) is 0 Å². The van der Waals surface area contributed by atoms with Crippen molar-refractivity contribution in [3.05, 3.63) is 35.5 Å². The largest absolute Gasteiger partial charge is 0.335 e. The highest BCUT2D eigenvalue weighted by molar-refractivity contribution is 6.31. The highest BCUT2D eigenvalue weighted by atomic mass is 35.5. The van der Waals surface area contributed by atoms with Crippen molar-refractivity contribution in [3.8, 4) is 0 Å². The molecule has 4 saturated heterocycles. The number of piperidine rings is 3. The fourth-order valence-corrected chi connectivity index (χ4v) is 4.81. The first-order valence-electron chi connectivity index (χ1n) is 8.61. The second kappa shape index (κ2) is 5.30. The van der Waals surface area contributed by atoms with E-state index in [4.69, 9.17) is 22.1 Å². The standard InChI is InChI=1S/C18H21ClN4O/c19-15-2-1-12-8-16(21-9-13(12)7-15)23-11-18(24-17(23)20)10-22-5-3-14(18)4-6-22/h1-2,7-9,14,17H,3-6,10-11,20H2. The van der Waals surface area contributed by atoms with Crippen LogP contribution in [-0.4, -0.2) is 48.0 Å². The molecule has 4 aliphatic rings. The lowest BCUT2D eigenvalue weighted by Crippen LogP contribution is -2.61. The van der Waals surface area contributed by atoms with Gasteiger partial charge < -0.3 is 14.5 Å². The molecule has 1 aromatic heterocycles. The summed E-state index contributed by atoms with van der Waals surface area (Å²) >= 11 is 6.06. The average molecular weight is 345 g/mol. The van der Waals surface area contributed by atoms with Crippen LogP contribution in [0, 0.1) is 5.92 Å². The minimum absolute atomic E-state index is 0.132. The molecular formula is C18H21ClN4O. The van der Waals surface area contributed by atoms with Gasteiger partial charge in [0.2, 0.25) is 0 Å². The molecule has 2 aromatic rings. The molecule has 0 amide bonds. The van der Waals surface area contributed by atoms with Crippen molar-refractivity contribution in [2.45, 2.75) is 24.8 Å². The molecule has 2 N–H and O–H groups in total. The Hall–Kier alpha value is -1.40. The normalized spacial score (nSPS) is 35.2. The zero-order chi connectivity index (χ0) is 16.3. The number of anilines is 1. The number of hydrogen-bond donors (Lipinski definition) is 1. The van der Waals surface area contributed by atoms with Crippen molar-refractivity contribution in [2.24, 2.45) is 11.7 Å². The minimum atomic E-state index is -0.428. The van der Waals surface area contributed by atoms with Crippen LogP contribution >= 0.6 is 11.6 Å². The quantitative estimate of drug-likeness (QED) is 0.861. The lowest BCUT2D eigenvalue weighted by molar-refractivity contribution is -0.137. The van der Waals surface area contributed by atoms with Crippen molar-refractivity contribution >= 4 is 28.2 Å². The number of benzene rings is 1. The Labute approximate surface area is 146 Å². The van der Waals surface area contributed by atoms with E-state index in [1.807, 2.05) is 24.4 Å². The molecule has 6 heteroatoms. The summed E-state index contributed by atoms with van der Waals surface area (Å²) in [6, 6.07) is 7.94. The van der Waals surface area contributed by atoms with E-state index in [0.29, 0.717) is 5.92 Å². The molecule has 4 aliphatic heterocycles. The molecular weight excluding hydrogens is 324 g/mol. The first kappa shape index (κ1) is 14.9. The lowest BCUT2D eigenvalue weighted by atomic mass is 9.75. The SMILES string of the molecule is NC1OC2(CN3CCC2CC3)CN1c1cc2ccc(Cl)cc2cn1. The molecule has 0 aliphatic carbocycles. The summed E-state index contributed by atoms with van der Waals surface area (Å²) in [4.78, 5) is 9.23. The van der Waals surface area contributed by atoms with E-state index >= 15 is 0 Å². The van der Waals surface area contributed by atoms with Crippen molar-refractivity contribution in [3.63, 3.8) is 0 Å². The van der Waals surface area contributed by atoms with Crippen LogP contribution < -0.4 is 10.6 Å². The van der Waals surface area contributed by atoms with Gasteiger partial charge in [0.1, 0.15) is 11.4 Å². The molecule has 2 unspecified atom stereocenters. The third-order valence-electron chi connectivity index (χ3n) is 5.89. The topological polar surface area (TPSA) is 54.6 Å². The Kier molecular flexibility index (Phi) is 3.29. The minimum Gasteiger partial charge on any atom is -0.335 e. The average Bonchev–Trinajstić information content (AvgIpc) is 2.91. The van der Waals surface area contributed by atoms with Crippen molar-refractivity contribution in [1.82, 2.24) is 9.88 Å². The van der Waals surface area contributed by atoms with Crippen LogP contribution in [0.4, 0.5) is 5.82 Å². The molecule has 126 valence electrons. The van der Waals surface area contributed by atoms with E-state index < -0.39 is 6.35 Å². The third-order valence-corrected chi connectivity index (χ3v) is 6.12. The fourth-order valence-electron chi connectivity index (χ4n) is 4.63. The van der Waals surface area contributed by atoms with E-state index in [2.05, 4.69) is 20.9 Å². The molecule has 6 rings (SSSR count). The van der Waals surface area contributed by atoms with Crippen LogP contribution in [0.2, 0.25) is 5.02 Å². The predicted molar refractivity (Wildman–Crippen MR) is 95.1 cm³/mol. The third kappa shape index (κ3) is 2.23. The van der Waals surface area contributed by atoms with E-state index in [1.165, 1.54) is 25.9 Å². The van der Waals surface area contributed by atoms with E-state index in [0.717, 1.165) is 34.7 Å². The summed E-state index contributed by atoms with van der Waals surface area (Å²) in [6.07, 6.45) is 3.86. The highest BCUT2D eigenvalue weighted by Gasteiger charge is 2.54. The number of nitrogens with two attached hydrogens (primary N) is 1. The number of ether oxygens (including phenoxy) is 1. The first-order chi connectivity index (χ1) is 11.6. The number of nitrogens with zero attached hydrogens (tertiary/aromatic N) is 3. The van der Waals surface area contributed by atoms with Gasteiger partial charge in [-0.05, 0) is 55.4 Å². The van der Waals surface area contributed by atoms with Gasteiger partial charge in [-0.2, -0.15) is 0 Å². The summed E-state index contributed by atoms with van der Waals surface area (Å²) in [5.41, 5.74) is 6.21. The number of aromatic nitrogens is 1. The molecule has 0 saturated carbocycles. The Bertz CT molecular complexity index is 792. The Morgan fingerprint density at radius 2 is 2.00 bits per heavy atom. The molecule has 2 atom stereocenters. The van der Waals surface area contributed by atoms with Gasteiger partial charge in [-0.3, -0.25) is 5.73 Å². The van der Waals surface area contributed by atoms with Gasteiger partial charge in [-0.15, -0.1) is 0 Å². The molecule has 5 nitrogen and oxygen atoms in total. The molecule has 2 bridgehead atoms. The molecule has 24 heavy (non-hydrogen) atoms. The number of rotatable bonds is 1. The smallest absolute Gasteiger partial charge is 0.186 e. The number of hydrogen-bond acceptors (Lipinski definition) is 5.